The quantitative estimate of drug-likeness (QED) is 0.390. The lowest BCUT2D eigenvalue weighted by molar-refractivity contribution is 0.1000. The fourth-order valence-corrected chi connectivity index (χ4v) is 4.92. The van der Waals surface area contributed by atoms with Crippen LogP contribution in [-0.2, 0) is 19.4 Å². The zero-order valence-corrected chi connectivity index (χ0v) is 18.2. The van der Waals surface area contributed by atoms with Crippen molar-refractivity contribution in [1.82, 2.24) is 4.57 Å². The average molecular weight is 415 g/mol. The summed E-state index contributed by atoms with van der Waals surface area (Å²) >= 11 is 1.77. The van der Waals surface area contributed by atoms with Crippen LogP contribution in [0.1, 0.15) is 33.5 Å². The second-order valence-electron chi connectivity index (χ2n) is 7.42. The third-order valence-corrected chi connectivity index (χ3v) is 6.59. The molecular weight excluding hydrogens is 388 g/mol. The Hall–Kier alpha value is -3.11. The monoisotopic (exact) mass is 414 g/mol. The molecule has 1 amide bonds. The summed E-state index contributed by atoms with van der Waals surface area (Å²) in [6, 6.07) is 23.0. The zero-order chi connectivity index (χ0) is 21.1. The average Bonchev–Trinajstić information content (AvgIpc) is 3.38. The molecule has 152 valence electrons. The van der Waals surface area contributed by atoms with Crippen molar-refractivity contribution in [2.75, 3.05) is 0 Å². The number of benzene rings is 2. The molecule has 2 heterocycles. The lowest BCUT2D eigenvalue weighted by atomic mass is 9.96. The molecule has 0 spiro atoms. The number of nitrogens with zero attached hydrogens (tertiary/aromatic N) is 1. The van der Waals surface area contributed by atoms with Crippen LogP contribution in [-0.4, -0.2) is 10.5 Å². The van der Waals surface area contributed by atoms with E-state index in [1.165, 1.54) is 16.1 Å². The first-order valence-electron chi connectivity index (χ1n) is 10.3. The van der Waals surface area contributed by atoms with E-state index in [1.807, 2.05) is 25.1 Å². The minimum atomic E-state index is -0.362. The molecule has 4 rings (SSSR count). The van der Waals surface area contributed by atoms with Crippen molar-refractivity contribution in [1.29, 1.82) is 0 Å². The molecule has 0 bridgehead atoms. The maximum atomic E-state index is 12.4. The van der Waals surface area contributed by atoms with Crippen molar-refractivity contribution >= 4 is 17.2 Å². The van der Waals surface area contributed by atoms with Gasteiger partial charge in [-0.3, -0.25) is 4.79 Å². The molecule has 3 nitrogen and oxygen atoms in total. The Morgan fingerprint density at radius 1 is 0.933 bits per heavy atom. The second kappa shape index (κ2) is 8.72. The number of carbonyl (C=O) groups excluding carboxylic acids is 1. The van der Waals surface area contributed by atoms with E-state index < -0.39 is 0 Å². The third-order valence-electron chi connectivity index (χ3n) is 5.65. The van der Waals surface area contributed by atoms with Crippen LogP contribution in [0.5, 0.6) is 0 Å². The summed E-state index contributed by atoms with van der Waals surface area (Å²) in [7, 11) is 0. The highest BCUT2D eigenvalue weighted by atomic mass is 32.1. The van der Waals surface area contributed by atoms with Gasteiger partial charge in [0.1, 0.15) is 0 Å². The molecule has 4 aromatic rings. The highest BCUT2D eigenvalue weighted by molar-refractivity contribution is 7.09. The Morgan fingerprint density at radius 3 is 2.20 bits per heavy atom. The van der Waals surface area contributed by atoms with Crippen molar-refractivity contribution in [3.05, 3.63) is 93.9 Å². The van der Waals surface area contributed by atoms with Crippen molar-refractivity contribution in [2.24, 2.45) is 5.73 Å². The van der Waals surface area contributed by atoms with Crippen LogP contribution < -0.4 is 5.73 Å². The number of amides is 1. The van der Waals surface area contributed by atoms with E-state index in [4.69, 9.17) is 5.73 Å². The smallest absolute Gasteiger partial charge is 0.251 e. The predicted molar refractivity (Wildman–Crippen MR) is 126 cm³/mol. The van der Waals surface area contributed by atoms with Gasteiger partial charge >= 0.3 is 0 Å². The predicted octanol–water partition coefficient (Wildman–Crippen LogP) is 6.10. The number of hydrogen-bond acceptors (Lipinski definition) is 2. The van der Waals surface area contributed by atoms with Crippen LogP contribution in [0.4, 0.5) is 0 Å². The highest BCUT2D eigenvalue weighted by Crippen LogP contribution is 2.34. The summed E-state index contributed by atoms with van der Waals surface area (Å²) in [6.07, 6.45) is 1.79. The minimum Gasteiger partial charge on any atom is -0.366 e. The molecule has 0 radical (unpaired) electrons. The molecule has 0 aliphatic heterocycles. The first kappa shape index (κ1) is 20.2. The van der Waals surface area contributed by atoms with Gasteiger partial charge in [-0.2, -0.15) is 0 Å². The van der Waals surface area contributed by atoms with Crippen LogP contribution in [0.25, 0.3) is 22.3 Å². The molecule has 0 saturated heterocycles. The van der Waals surface area contributed by atoms with Crippen LogP contribution >= 0.6 is 11.3 Å². The molecule has 0 aliphatic carbocycles. The van der Waals surface area contributed by atoms with Crippen molar-refractivity contribution in [3.63, 3.8) is 0 Å². The first-order chi connectivity index (χ1) is 14.6. The van der Waals surface area contributed by atoms with Crippen molar-refractivity contribution in [3.8, 4) is 22.3 Å². The van der Waals surface area contributed by atoms with Crippen LogP contribution in [0.15, 0.2) is 72.1 Å². The molecular formula is C26H26N2OS. The van der Waals surface area contributed by atoms with Gasteiger partial charge in [-0.15, -0.1) is 11.3 Å². The SMILES string of the molecule is CCc1c(-c2ccc(-c3ccccc3)cc2)c(C(N)=O)c(C)n1CCc1cccs1. The zero-order valence-electron chi connectivity index (χ0n) is 17.4. The van der Waals surface area contributed by atoms with E-state index >= 15 is 0 Å². The highest BCUT2D eigenvalue weighted by Gasteiger charge is 2.23. The number of primary amides is 1. The minimum absolute atomic E-state index is 0.362. The maximum absolute atomic E-state index is 12.4. The Bertz CT molecular complexity index is 1140. The number of hydrogen-bond donors (Lipinski definition) is 1. The lowest BCUT2D eigenvalue weighted by Gasteiger charge is -2.12. The summed E-state index contributed by atoms with van der Waals surface area (Å²) in [5, 5.41) is 2.10. The maximum Gasteiger partial charge on any atom is 0.251 e. The van der Waals surface area contributed by atoms with Crippen LogP contribution in [0.3, 0.4) is 0 Å². The molecule has 2 N–H and O–H groups in total. The molecule has 30 heavy (non-hydrogen) atoms. The van der Waals surface area contributed by atoms with E-state index in [1.54, 1.807) is 11.3 Å². The van der Waals surface area contributed by atoms with Crippen molar-refractivity contribution < 1.29 is 4.79 Å². The largest absolute Gasteiger partial charge is 0.366 e. The van der Waals surface area contributed by atoms with Gasteiger partial charge in [0.2, 0.25) is 0 Å². The van der Waals surface area contributed by atoms with E-state index in [-0.39, 0.29) is 5.91 Å². The van der Waals surface area contributed by atoms with Gasteiger partial charge in [0, 0.05) is 28.4 Å². The number of aryl methyl sites for hydroxylation is 1. The Kier molecular flexibility index (Phi) is 5.86. The molecule has 0 fully saturated rings. The normalized spacial score (nSPS) is 11.0. The fraction of sp³-hybridized carbons (Fsp3) is 0.192. The second-order valence-corrected chi connectivity index (χ2v) is 8.46. The number of carbonyl (C=O) groups is 1. The number of thiophene rings is 1. The summed E-state index contributed by atoms with van der Waals surface area (Å²) in [5.41, 5.74) is 13.0. The standard InChI is InChI=1S/C26H26N2OS/c1-3-23-25(21-13-11-20(12-14-21)19-8-5-4-6-9-19)24(26(27)29)18(2)28(23)16-15-22-10-7-17-30-22/h4-14,17H,3,15-16H2,1-2H3,(H2,27,29). The van der Waals surface area contributed by atoms with Gasteiger partial charge in [-0.25, -0.2) is 0 Å². The van der Waals surface area contributed by atoms with E-state index in [9.17, 15) is 4.79 Å². The molecule has 0 aliphatic rings. The number of nitrogens with two attached hydrogens (primary N) is 1. The molecule has 4 heteroatoms. The summed E-state index contributed by atoms with van der Waals surface area (Å²) in [6.45, 7) is 5.00. The van der Waals surface area contributed by atoms with Crippen molar-refractivity contribution in [2.45, 2.75) is 33.2 Å². The van der Waals surface area contributed by atoms with Gasteiger partial charge in [-0.1, -0.05) is 67.6 Å². The van der Waals surface area contributed by atoms with Gasteiger partial charge in [-0.05, 0) is 47.9 Å². The summed E-state index contributed by atoms with van der Waals surface area (Å²) in [5.74, 6) is -0.362. The van der Waals surface area contributed by atoms with Crippen LogP contribution in [0, 0.1) is 6.92 Å². The third kappa shape index (κ3) is 3.83. The molecule has 2 aromatic heterocycles. The topological polar surface area (TPSA) is 48.0 Å². The Balaban J connectivity index is 1.76. The van der Waals surface area contributed by atoms with Gasteiger partial charge in [0.25, 0.3) is 5.91 Å². The van der Waals surface area contributed by atoms with Gasteiger partial charge < -0.3 is 10.3 Å². The molecule has 0 atom stereocenters. The van der Waals surface area contributed by atoms with E-state index in [0.717, 1.165) is 41.8 Å². The first-order valence-corrected chi connectivity index (χ1v) is 11.2. The number of rotatable bonds is 7. The summed E-state index contributed by atoms with van der Waals surface area (Å²) < 4.78 is 2.28. The molecule has 0 unspecified atom stereocenters. The van der Waals surface area contributed by atoms with Gasteiger partial charge in [0.05, 0.1) is 5.56 Å². The fourth-order valence-electron chi connectivity index (χ4n) is 4.22. The van der Waals surface area contributed by atoms with Gasteiger partial charge in [0.15, 0.2) is 0 Å². The Morgan fingerprint density at radius 2 is 1.60 bits per heavy atom. The lowest BCUT2D eigenvalue weighted by Crippen LogP contribution is -2.13. The molecule has 2 aromatic carbocycles. The van der Waals surface area contributed by atoms with E-state index in [2.05, 4.69) is 65.4 Å². The molecule has 0 saturated carbocycles. The van der Waals surface area contributed by atoms with E-state index in [0.29, 0.717) is 5.56 Å². The van der Waals surface area contributed by atoms with Crippen LogP contribution in [0.2, 0.25) is 0 Å². The number of aromatic nitrogens is 1. The summed E-state index contributed by atoms with van der Waals surface area (Å²) in [4.78, 5) is 13.8. The Labute approximate surface area is 181 Å².